The number of carbonyl (C=O) groups is 1. The molecular formula is C16H19NO. The van der Waals surface area contributed by atoms with Crippen molar-refractivity contribution in [3.63, 3.8) is 0 Å². The Balaban J connectivity index is 1.63. The van der Waals surface area contributed by atoms with E-state index in [9.17, 15) is 4.79 Å². The van der Waals surface area contributed by atoms with Crippen molar-refractivity contribution in [2.45, 2.75) is 50.2 Å². The monoisotopic (exact) mass is 241 g/mol. The lowest BCUT2D eigenvalue weighted by molar-refractivity contribution is -0.128. The fourth-order valence-corrected chi connectivity index (χ4v) is 4.28. The fourth-order valence-electron chi connectivity index (χ4n) is 4.28. The SMILES string of the molecule is O=C1C[C@@H]2CCC3CC3(C1)N2Cc1ccccc1. The lowest BCUT2D eigenvalue weighted by Gasteiger charge is -2.46. The maximum atomic E-state index is 11.9. The smallest absolute Gasteiger partial charge is 0.136 e. The third kappa shape index (κ3) is 1.48. The number of hydrogen-bond acceptors (Lipinski definition) is 2. The van der Waals surface area contributed by atoms with Crippen LogP contribution in [0, 0.1) is 5.92 Å². The van der Waals surface area contributed by atoms with E-state index in [-0.39, 0.29) is 5.54 Å². The number of rotatable bonds is 2. The molecule has 1 aromatic rings. The molecule has 1 saturated carbocycles. The molecule has 2 saturated heterocycles. The average Bonchev–Trinajstić information content (AvgIpc) is 3.04. The Morgan fingerprint density at radius 1 is 1.22 bits per heavy atom. The summed E-state index contributed by atoms with van der Waals surface area (Å²) in [6.07, 6.45) is 5.46. The fraction of sp³-hybridized carbons (Fsp3) is 0.562. The van der Waals surface area contributed by atoms with Gasteiger partial charge in [0.25, 0.3) is 0 Å². The van der Waals surface area contributed by atoms with E-state index in [1.807, 2.05) is 0 Å². The zero-order valence-electron chi connectivity index (χ0n) is 10.6. The third-order valence-electron chi connectivity index (χ3n) is 5.22. The topological polar surface area (TPSA) is 20.3 Å². The summed E-state index contributed by atoms with van der Waals surface area (Å²) >= 11 is 0. The van der Waals surface area contributed by atoms with Gasteiger partial charge < -0.3 is 0 Å². The van der Waals surface area contributed by atoms with Crippen molar-refractivity contribution in [2.24, 2.45) is 5.92 Å². The Hall–Kier alpha value is -1.15. The number of nitrogens with zero attached hydrogens (tertiary/aromatic N) is 1. The number of ketones is 1. The zero-order chi connectivity index (χ0) is 12.2. The summed E-state index contributed by atoms with van der Waals surface area (Å²) in [5.41, 5.74) is 1.66. The molecule has 2 aliphatic heterocycles. The summed E-state index contributed by atoms with van der Waals surface area (Å²) in [5, 5.41) is 0. The van der Waals surface area contributed by atoms with Gasteiger partial charge in [0.1, 0.15) is 5.78 Å². The van der Waals surface area contributed by atoms with Crippen molar-refractivity contribution >= 4 is 5.78 Å². The van der Waals surface area contributed by atoms with Gasteiger partial charge in [-0.3, -0.25) is 9.69 Å². The summed E-state index contributed by atoms with van der Waals surface area (Å²) in [6, 6.07) is 11.2. The van der Waals surface area contributed by atoms with E-state index in [0.717, 1.165) is 25.3 Å². The van der Waals surface area contributed by atoms with Gasteiger partial charge in [0, 0.05) is 31.0 Å². The van der Waals surface area contributed by atoms with Crippen molar-refractivity contribution < 1.29 is 4.79 Å². The lowest BCUT2D eigenvalue weighted by atomic mass is 9.83. The first kappa shape index (κ1) is 10.7. The van der Waals surface area contributed by atoms with Crippen LogP contribution in [0.3, 0.4) is 0 Å². The molecule has 2 bridgehead atoms. The number of hydrogen-bond donors (Lipinski definition) is 0. The van der Waals surface area contributed by atoms with E-state index in [2.05, 4.69) is 35.2 Å². The molecule has 1 aliphatic carbocycles. The first-order valence-corrected chi connectivity index (χ1v) is 7.10. The molecule has 1 spiro atoms. The maximum Gasteiger partial charge on any atom is 0.136 e. The second kappa shape index (κ2) is 3.67. The van der Waals surface area contributed by atoms with E-state index in [1.54, 1.807) is 0 Å². The van der Waals surface area contributed by atoms with Gasteiger partial charge in [-0.1, -0.05) is 30.3 Å². The van der Waals surface area contributed by atoms with Crippen molar-refractivity contribution in [3.8, 4) is 0 Å². The Morgan fingerprint density at radius 3 is 2.89 bits per heavy atom. The highest BCUT2D eigenvalue weighted by Crippen LogP contribution is 2.60. The van der Waals surface area contributed by atoms with Crippen LogP contribution in [-0.4, -0.2) is 22.3 Å². The number of piperidine rings is 2. The van der Waals surface area contributed by atoms with E-state index >= 15 is 0 Å². The summed E-state index contributed by atoms with van der Waals surface area (Å²) in [5.74, 6) is 1.31. The Morgan fingerprint density at radius 2 is 2.06 bits per heavy atom. The van der Waals surface area contributed by atoms with Gasteiger partial charge in [-0.2, -0.15) is 0 Å². The molecule has 0 amide bonds. The number of fused-ring (bicyclic) bond motifs is 1. The summed E-state index contributed by atoms with van der Waals surface area (Å²) < 4.78 is 0. The van der Waals surface area contributed by atoms with Crippen LogP contribution in [0.25, 0.3) is 0 Å². The van der Waals surface area contributed by atoms with Gasteiger partial charge in [0.05, 0.1) is 0 Å². The summed E-state index contributed by atoms with van der Waals surface area (Å²) in [6.45, 7) is 1.04. The Kier molecular flexibility index (Phi) is 2.19. The molecule has 0 radical (unpaired) electrons. The summed E-state index contributed by atoms with van der Waals surface area (Å²) in [7, 11) is 0. The van der Waals surface area contributed by atoms with Crippen LogP contribution in [0.15, 0.2) is 30.3 Å². The Labute approximate surface area is 108 Å². The van der Waals surface area contributed by atoms with Crippen molar-refractivity contribution in [2.75, 3.05) is 0 Å². The minimum absolute atomic E-state index is 0.272. The number of Topliss-reactive ketones (excluding diaryl/α,β-unsaturated/α-hetero) is 1. The minimum atomic E-state index is 0.272. The lowest BCUT2D eigenvalue weighted by Crippen LogP contribution is -2.54. The van der Waals surface area contributed by atoms with Gasteiger partial charge in [0.15, 0.2) is 0 Å². The zero-order valence-corrected chi connectivity index (χ0v) is 10.6. The van der Waals surface area contributed by atoms with Gasteiger partial charge in [-0.05, 0) is 30.7 Å². The van der Waals surface area contributed by atoms with Crippen molar-refractivity contribution in [1.82, 2.24) is 4.90 Å². The molecule has 18 heavy (non-hydrogen) atoms. The quantitative estimate of drug-likeness (QED) is 0.793. The van der Waals surface area contributed by atoms with Crippen LogP contribution < -0.4 is 0 Å². The molecule has 2 heterocycles. The second-order valence-corrected chi connectivity index (χ2v) is 6.27. The molecule has 1 aromatic carbocycles. The molecule has 3 aliphatic rings. The highest BCUT2D eigenvalue weighted by molar-refractivity contribution is 5.82. The number of benzene rings is 1. The van der Waals surface area contributed by atoms with E-state index in [0.29, 0.717) is 11.8 Å². The molecule has 0 N–H and O–H groups in total. The van der Waals surface area contributed by atoms with Gasteiger partial charge in [-0.25, -0.2) is 0 Å². The molecule has 94 valence electrons. The van der Waals surface area contributed by atoms with Crippen LogP contribution >= 0.6 is 0 Å². The first-order valence-electron chi connectivity index (χ1n) is 7.10. The van der Waals surface area contributed by atoms with Gasteiger partial charge >= 0.3 is 0 Å². The molecule has 3 fully saturated rings. The standard InChI is InChI=1S/C16H19NO/c18-15-8-14-7-6-13-9-16(13,10-15)17(14)11-12-4-2-1-3-5-12/h1-5,13-14H,6-11H2/t13?,14-,16?/m0/s1. The minimum Gasteiger partial charge on any atom is -0.300 e. The summed E-state index contributed by atoms with van der Waals surface area (Å²) in [4.78, 5) is 14.5. The second-order valence-electron chi connectivity index (χ2n) is 6.27. The normalized spacial score (nSPS) is 38.3. The highest BCUT2D eigenvalue weighted by Gasteiger charge is 2.64. The van der Waals surface area contributed by atoms with Crippen LogP contribution in [0.5, 0.6) is 0 Å². The molecule has 2 heteroatoms. The predicted octanol–water partition coefficient (Wildman–Crippen LogP) is 2.77. The van der Waals surface area contributed by atoms with Gasteiger partial charge in [-0.15, -0.1) is 0 Å². The maximum absolute atomic E-state index is 11.9. The molecule has 3 atom stereocenters. The molecular weight excluding hydrogens is 222 g/mol. The molecule has 2 nitrogen and oxygen atoms in total. The number of carbonyl (C=O) groups excluding carboxylic acids is 1. The van der Waals surface area contributed by atoms with Crippen molar-refractivity contribution in [1.29, 1.82) is 0 Å². The molecule has 2 unspecified atom stereocenters. The van der Waals surface area contributed by atoms with Crippen LogP contribution in [0.1, 0.15) is 37.7 Å². The van der Waals surface area contributed by atoms with E-state index in [1.165, 1.54) is 24.8 Å². The average molecular weight is 241 g/mol. The third-order valence-corrected chi connectivity index (χ3v) is 5.22. The van der Waals surface area contributed by atoms with E-state index in [4.69, 9.17) is 0 Å². The van der Waals surface area contributed by atoms with Crippen LogP contribution in [-0.2, 0) is 11.3 Å². The Bertz CT molecular complexity index is 483. The van der Waals surface area contributed by atoms with Crippen LogP contribution in [0.4, 0.5) is 0 Å². The highest BCUT2D eigenvalue weighted by atomic mass is 16.1. The first-order chi connectivity index (χ1) is 8.78. The predicted molar refractivity (Wildman–Crippen MR) is 70.1 cm³/mol. The van der Waals surface area contributed by atoms with Crippen LogP contribution in [0.2, 0.25) is 0 Å². The molecule has 4 rings (SSSR count). The van der Waals surface area contributed by atoms with Gasteiger partial charge in [0.2, 0.25) is 0 Å². The molecule has 0 aromatic heterocycles. The van der Waals surface area contributed by atoms with E-state index < -0.39 is 0 Å². The van der Waals surface area contributed by atoms with Crippen molar-refractivity contribution in [3.05, 3.63) is 35.9 Å². The largest absolute Gasteiger partial charge is 0.300 e.